The van der Waals surface area contributed by atoms with Crippen molar-refractivity contribution in [2.45, 2.75) is 25.7 Å². The molecule has 0 saturated carbocycles. The Hall–Kier alpha value is -1.57. The highest BCUT2D eigenvalue weighted by Crippen LogP contribution is 2.28. The lowest BCUT2D eigenvalue weighted by molar-refractivity contribution is 0.0993. The SMILES string of the molecule is CC(C)C.NC(=O)c1[nH]c2ccc(Cl)cc2c1S(N)(=O)=O. The van der Waals surface area contributed by atoms with E-state index in [2.05, 4.69) is 25.8 Å². The van der Waals surface area contributed by atoms with Gasteiger partial charge in [0.05, 0.1) is 0 Å². The van der Waals surface area contributed by atoms with Crippen LogP contribution in [0.2, 0.25) is 5.02 Å². The van der Waals surface area contributed by atoms with Crippen molar-refractivity contribution < 1.29 is 13.2 Å². The first-order valence-electron chi connectivity index (χ1n) is 6.18. The van der Waals surface area contributed by atoms with E-state index in [1.807, 2.05) is 0 Å². The first-order chi connectivity index (χ1) is 9.54. The lowest BCUT2D eigenvalue weighted by atomic mass is 10.2. The molecule has 0 aliphatic heterocycles. The molecule has 0 saturated heterocycles. The van der Waals surface area contributed by atoms with Crippen LogP contribution in [0.1, 0.15) is 31.3 Å². The van der Waals surface area contributed by atoms with Crippen molar-refractivity contribution in [1.29, 1.82) is 0 Å². The maximum atomic E-state index is 11.5. The van der Waals surface area contributed by atoms with E-state index in [0.29, 0.717) is 10.5 Å². The molecule has 1 aromatic carbocycles. The molecule has 1 aromatic heterocycles. The number of hydrogen-bond donors (Lipinski definition) is 3. The number of halogens is 1. The van der Waals surface area contributed by atoms with E-state index >= 15 is 0 Å². The molecule has 21 heavy (non-hydrogen) atoms. The van der Waals surface area contributed by atoms with Gasteiger partial charge in [0.15, 0.2) is 0 Å². The number of nitrogens with two attached hydrogens (primary N) is 2. The molecule has 0 aliphatic rings. The fourth-order valence-corrected chi connectivity index (χ4v) is 2.69. The number of benzene rings is 1. The zero-order valence-electron chi connectivity index (χ0n) is 12.0. The smallest absolute Gasteiger partial charge is 0.266 e. The third kappa shape index (κ3) is 4.45. The molecule has 0 aliphatic carbocycles. The Labute approximate surface area is 128 Å². The summed E-state index contributed by atoms with van der Waals surface area (Å²) in [6, 6.07) is 4.50. The summed E-state index contributed by atoms with van der Waals surface area (Å²) in [5, 5.41) is 5.63. The van der Waals surface area contributed by atoms with E-state index in [9.17, 15) is 13.2 Å². The summed E-state index contributed by atoms with van der Waals surface area (Å²) >= 11 is 5.76. The monoisotopic (exact) mass is 331 g/mol. The van der Waals surface area contributed by atoms with Crippen molar-refractivity contribution >= 4 is 38.4 Å². The van der Waals surface area contributed by atoms with Gasteiger partial charge in [0.1, 0.15) is 10.6 Å². The molecule has 0 atom stereocenters. The van der Waals surface area contributed by atoms with Gasteiger partial charge < -0.3 is 10.7 Å². The highest BCUT2D eigenvalue weighted by atomic mass is 35.5. The number of fused-ring (bicyclic) bond motifs is 1. The third-order valence-electron chi connectivity index (χ3n) is 2.24. The number of primary amides is 1. The van der Waals surface area contributed by atoms with Crippen LogP contribution in [0.3, 0.4) is 0 Å². The second kappa shape index (κ2) is 6.46. The number of hydrogen-bond acceptors (Lipinski definition) is 3. The molecule has 6 nitrogen and oxygen atoms in total. The zero-order chi connectivity index (χ0) is 16.4. The molecule has 0 bridgehead atoms. The number of amides is 1. The van der Waals surface area contributed by atoms with E-state index in [-0.39, 0.29) is 16.0 Å². The topological polar surface area (TPSA) is 119 Å². The fraction of sp³-hybridized carbons (Fsp3) is 0.308. The van der Waals surface area contributed by atoms with Gasteiger partial charge in [-0.1, -0.05) is 32.4 Å². The molecule has 8 heteroatoms. The predicted molar refractivity (Wildman–Crippen MR) is 83.7 cm³/mol. The molecular weight excluding hydrogens is 314 g/mol. The summed E-state index contributed by atoms with van der Waals surface area (Å²) in [5.41, 5.74) is 5.27. The Bertz CT molecular complexity index is 764. The molecule has 5 N–H and O–H groups in total. The Kier molecular flexibility index (Phi) is 5.38. The van der Waals surface area contributed by atoms with Crippen molar-refractivity contribution in [2.75, 3.05) is 0 Å². The molecule has 1 heterocycles. The molecule has 116 valence electrons. The predicted octanol–water partition coefficient (Wildman–Crippen LogP) is 2.23. The van der Waals surface area contributed by atoms with Gasteiger partial charge in [0, 0.05) is 15.9 Å². The highest BCUT2D eigenvalue weighted by Gasteiger charge is 2.24. The minimum atomic E-state index is -4.07. The van der Waals surface area contributed by atoms with Crippen LogP contribution in [0.15, 0.2) is 23.1 Å². The average molecular weight is 332 g/mol. The van der Waals surface area contributed by atoms with Gasteiger partial charge in [0.25, 0.3) is 5.91 Å². The van der Waals surface area contributed by atoms with Crippen molar-refractivity contribution in [3.63, 3.8) is 0 Å². The van der Waals surface area contributed by atoms with Crippen molar-refractivity contribution in [2.24, 2.45) is 16.8 Å². The van der Waals surface area contributed by atoms with Gasteiger partial charge >= 0.3 is 0 Å². The van der Waals surface area contributed by atoms with Crippen LogP contribution in [0.4, 0.5) is 0 Å². The number of rotatable bonds is 2. The Morgan fingerprint density at radius 1 is 1.29 bits per heavy atom. The maximum absolute atomic E-state index is 11.5. The number of aromatic nitrogens is 1. The second-order valence-corrected chi connectivity index (χ2v) is 7.10. The Balaban J connectivity index is 0.000000491. The lowest BCUT2D eigenvalue weighted by Gasteiger charge is -1.98. The van der Waals surface area contributed by atoms with Crippen molar-refractivity contribution in [1.82, 2.24) is 4.98 Å². The summed E-state index contributed by atoms with van der Waals surface area (Å²) in [4.78, 5) is 13.4. The van der Waals surface area contributed by atoms with Crippen LogP contribution < -0.4 is 10.9 Å². The molecular formula is C13H18ClN3O3S. The zero-order valence-corrected chi connectivity index (χ0v) is 13.5. The van der Waals surface area contributed by atoms with Crippen LogP contribution in [0.25, 0.3) is 10.9 Å². The van der Waals surface area contributed by atoms with Crippen LogP contribution in [-0.4, -0.2) is 19.3 Å². The maximum Gasteiger partial charge on any atom is 0.266 e. The molecule has 2 aromatic rings. The van der Waals surface area contributed by atoms with Crippen LogP contribution in [-0.2, 0) is 10.0 Å². The van der Waals surface area contributed by atoms with Gasteiger partial charge in [-0.25, -0.2) is 13.6 Å². The summed E-state index contributed by atoms with van der Waals surface area (Å²) in [6.07, 6.45) is 0. The van der Waals surface area contributed by atoms with Crippen LogP contribution in [0, 0.1) is 5.92 Å². The average Bonchev–Trinajstić information content (AvgIpc) is 2.66. The quantitative estimate of drug-likeness (QED) is 0.782. The minimum Gasteiger partial charge on any atom is -0.364 e. The van der Waals surface area contributed by atoms with Crippen LogP contribution >= 0.6 is 11.6 Å². The normalized spacial score (nSPS) is 11.3. The summed E-state index contributed by atoms with van der Waals surface area (Å²) in [6.45, 7) is 6.50. The lowest BCUT2D eigenvalue weighted by Crippen LogP contribution is -2.19. The molecule has 1 amide bonds. The number of primary sulfonamides is 1. The van der Waals surface area contributed by atoms with E-state index < -0.39 is 15.9 Å². The number of carbonyl (C=O) groups is 1. The standard InChI is InChI=1S/C9H8ClN3O3S.C4H10/c10-4-1-2-6-5(3-4)8(17(12,15)16)7(13-6)9(11)14;1-4(2)3/h1-3,13H,(H2,11,14)(H2,12,15,16);4H,1-3H3. The van der Waals surface area contributed by atoms with E-state index in [1.165, 1.54) is 6.07 Å². The minimum absolute atomic E-state index is 0.244. The van der Waals surface area contributed by atoms with Crippen molar-refractivity contribution in [3.8, 4) is 0 Å². The molecule has 2 rings (SSSR count). The van der Waals surface area contributed by atoms with E-state index in [4.69, 9.17) is 22.5 Å². The largest absolute Gasteiger partial charge is 0.364 e. The molecule has 0 spiro atoms. The number of aromatic amines is 1. The Morgan fingerprint density at radius 3 is 2.24 bits per heavy atom. The summed E-state index contributed by atoms with van der Waals surface area (Å²) in [7, 11) is -4.07. The van der Waals surface area contributed by atoms with Gasteiger partial charge in [-0.15, -0.1) is 0 Å². The molecule has 0 fully saturated rings. The van der Waals surface area contributed by atoms with Gasteiger partial charge in [-0.05, 0) is 24.1 Å². The van der Waals surface area contributed by atoms with E-state index in [1.54, 1.807) is 12.1 Å². The first-order valence-corrected chi connectivity index (χ1v) is 8.10. The second-order valence-electron chi connectivity index (χ2n) is 5.16. The fourth-order valence-electron chi connectivity index (χ4n) is 1.61. The van der Waals surface area contributed by atoms with Crippen LogP contribution in [0.5, 0.6) is 0 Å². The van der Waals surface area contributed by atoms with Crippen molar-refractivity contribution in [3.05, 3.63) is 28.9 Å². The van der Waals surface area contributed by atoms with Gasteiger partial charge in [-0.2, -0.15) is 0 Å². The number of H-pyrrole nitrogens is 1. The number of sulfonamides is 1. The summed E-state index contributed by atoms with van der Waals surface area (Å²) < 4.78 is 22.9. The first kappa shape index (κ1) is 17.5. The summed E-state index contributed by atoms with van der Waals surface area (Å²) in [5.74, 6) is -0.0682. The molecule has 0 unspecified atom stereocenters. The number of nitrogens with one attached hydrogen (secondary N) is 1. The number of carbonyl (C=O) groups excluding carboxylic acids is 1. The van der Waals surface area contributed by atoms with Gasteiger partial charge in [-0.3, -0.25) is 4.79 Å². The van der Waals surface area contributed by atoms with E-state index in [0.717, 1.165) is 5.92 Å². The Morgan fingerprint density at radius 2 is 1.81 bits per heavy atom. The highest BCUT2D eigenvalue weighted by molar-refractivity contribution is 7.89. The van der Waals surface area contributed by atoms with Gasteiger partial charge in [0.2, 0.25) is 10.0 Å². The molecule has 0 radical (unpaired) electrons. The third-order valence-corrected chi connectivity index (χ3v) is 3.47.